The number of unbranched alkanes of at least 4 members (excludes halogenated alkanes) is 12. The van der Waals surface area contributed by atoms with E-state index >= 15 is 0 Å². The molecular weight excluding hydrogens is 542 g/mol. The fourth-order valence-corrected chi connectivity index (χ4v) is 5.07. The number of hydrogen-bond acceptors (Lipinski definition) is 5. The van der Waals surface area contributed by atoms with Crippen LogP contribution >= 0.6 is 0 Å². The van der Waals surface area contributed by atoms with Gasteiger partial charge in [-0.2, -0.15) is 0 Å². The molecule has 8 nitrogen and oxygen atoms in total. The van der Waals surface area contributed by atoms with Crippen molar-refractivity contribution >= 4 is 17.7 Å². The second kappa shape index (κ2) is 27.1. The zero-order valence-corrected chi connectivity index (χ0v) is 27.4. The highest BCUT2D eigenvalue weighted by atomic mass is 16.7. The summed E-state index contributed by atoms with van der Waals surface area (Å²) in [6.07, 6.45) is 18.2. The van der Waals surface area contributed by atoms with E-state index in [9.17, 15) is 14.4 Å². The third-order valence-electron chi connectivity index (χ3n) is 7.51. The van der Waals surface area contributed by atoms with Crippen LogP contribution in [0.5, 0.6) is 0 Å². The molecule has 0 saturated carbocycles. The molecule has 1 aromatic rings. The van der Waals surface area contributed by atoms with Crippen LogP contribution in [-0.4, -0.2) is 56.4 Å². The molecule has 1 aromatic carbocycles. The first-order valence-corrected chi connectivity index (χ1v) is 17.1. The molecule has 0 saturated heterocycles. The van der Waals surface area contributed by atoms with Crippen molar-refractivity contribution < 1.29 is 23.9 Å². The highest BCUT2D eigenvalue weighted by molar-refractivity contribution is 5.90. The molecule has 0 radical (unpaired) electrons. The minimum atomic E-state index is -0.734. The average molecular weight is 604 g/mol. The largest absolute Gasteiger partial charge is 0.355 e. The van der Waals surface area contributed by atoms with Gasteiger partial charge in [0, 0.05) is 39.0 Å². The van der Waals surface area contributed by atoms with Crippen LogP contribution in [-0.2, 0) is 30.3 Å². The summed E-state index contributed by atoms with van der Waals surface area (Å²) in [7, 11) is 0. The Hall–Kier alpha value is -2.45. The van der Waals surface area contributed by atoms with Crippen LogP contribution in [0.25, 0.3) is 0 Å². The topological polar surface area (TPSA) is 106 Å². The van der Waals surface area contributed by atoms with Gasteiger partial charge in [-0.15, -0.1) is 0 Å². The van der Waals surface area contributed by atoms with Crippen molar-refractivity contribution in [3.8, 4) is 0 Å². The van der Waals surface area contributed by atoms with E-state index in [4.69, 9.17) is 9.47 Å². The first kappa shape index (κ1) is 38.6. The van der Waals surface area contributed by atoms with Crippen molar-refractivity contribution in [2.45, 2.75) is 142 Å². The number of nitrogens with one attached hydrogen (secondary N) is 3. The first-order valence-electron chi connectivity index (χ1n) is 17.1. The molecular formula is C35H61N3O5. The minimum Gasteiger partial charge on any atom is -0.355 e. The summed E-state index contributed by atoms with van der Waals surface area (Å²) in [4.78, 5) is 38.0. The Morgan fingerprint density at radius 3 is 1.79 bits per heavy atom. The van der Waals surface area contributed by atoms with Gasteiger partial charge in [0.25, 0.3) is 0 Å². The van der Waals surface area contributed by atoms with Gasteiger partial charge in [-0.05, 0) is 32.3 Å². The molecule has 3 N–H and O–H groups in total. The summed E-state index contributed by atoms with van der Waals surface area (Å²) in [5.41, 5.74) is 0.950. The Morgan fingerprint density at radius 1 is 0.674 bits per heavy atom. The predicted octanol–water partition coefficient (Wildman–Crippen LogP) is 6.61. The van der Waals surface area contributed by atoms with Crippen LogP contribution in [0, 0.1) is 0 Å². The lowest BCUT2D eigenvalue weighted by molar-refractivity contribution is -0.140. The quantitative estimate of drug-likeness (QED) is 0.0739. The summed E-state index contributed by atoms with van der Waals surface area (Å²) in [5, 5.41) is 8.43. The lowest BCUT2D eigenvalue weighted by atomic mass is 10.0. The van der Waals surface area contributed by atoms with E-state index in [2.05, 4.69) is 22.9 Å². The molecule has 0 fully saturated rings. The van der Waals surface area contributed by atoms with Crippen LogP contribution in [0.4, 0.5) is 0 Å². The molecule has 0 aliphatic heterocycles. The van der Waals surface area contributed by atoms with E-state index in [1.165, 1.54) is 64.2 Å². The van der Waals surface area contributed by atoms with Gasteiger partial charge in [-0.25, -0.2) is 0 Å². The maximum atomic E-state index is 13.0. The second-order valence-corrected chi connectivity index (χ2v) is 11.4. The van der Waals surface area contributed by atoms with Crippen molar-refractivity contribution in [1.82, 2.24) is 16.0 Å². The summed E-state index contributed by atoms with van der Waals surface area (Å²) >= 11 is 0. The third kappa shape index (κ3) is 21.8. The second-order valence-electron chi connectivity index (χ2n) is 11.4. The zero-order chi connectivity index (χ0) is 31.4. The van der Waals surface area contributed by atoms with E-state index in [0.717, 1.165) is 24.8 Å². The fraction of sp³-hybridized carbons (Fsp3) is 0.743. The van der Waals surface area contributed by atoms with E-state index in [0.29, 0.717) is 45.4 Å². The first-order chi connectivity index (χ1) is 21.0. The number of rotatable bonds is 28. The molecule has 1 atom stereocenters. The maximum Gasteiger partial charge on any atom is 0.243 e. The van der Waals surface area contributed by atoms with Crippen molar-refractivity contribution in [3.63, 3.8) is 0 Å². The molecule has 0 aliphatic rings. The maximum absolute atomic E-state index is 13.0. The SMILES string of the molecule is CCCCCCCCCCCCCCCC(=O)NC(Cc1ccccc1)C(=O)NCC(=O)NCCCC(OCC)OCC. The van der Waals surface area contributed by atoms with E-state index in [1.807, 2.05) is 44.2 Å². The van der Waals surface area contributed by atoms with E-state index < -0.39 is 6.04 Å². The summed E-state index contributed by atoms with van der Waals surface area (Å²) in [5.74, 6) is -0.748. The normalized spacial score (nSPS) is 11.8. The van der Waals surface area contributed by atoms with Crippen LogP contribution in [0.1, 0.15) is 129 Å². The molecule has 0 spiro atoms. The Balaban J connectivity index is 2.32. The predicted molar refractivity (Wildman–Crippen MR) is 175 cm³/mol. The molecule has 0 bridgehead atoms. The minimum absolute atomic E-state index is 0.123. The summed E-state index contributed by atoms with van der Waals surface area (Å²) in [6, 6.07) is 8.88. The van der Waals surface area contributed by atoms with Gasteiger partial charge in [0.1, 0.15) is 6.04 Å². The Labute approximate surface area is 261 Å². The van der Waals surface area contributed by atoms with Crippen molar-refractivity contribution in [2.75, 3.05) is 26.3 Å². The molecule has 1 unspecified atom stereocenters. The smallest absolute Gasteiger partial charge is 0.243 e. The van der Waals surface area contributed by atoms with Gasteiger partial charge >= 0.3 is 0 Å². The summed E-state index contributed by atoms with van der Waals surface area (Å²) in [6.45, 7) is 7.57. The average Bonchev–Trinajstić information content (AvgIpc) is 3.00. The van der Waals surface area contributed by atoms with Crippen LogP contribution < -0.4 is 16.0 Å². The number of carbonyl (C=O) groups excluding carboxylic acids is 3. The molecule has 1 rings (SSSR count). The van der Waals surface area contributed by atoms with Crippen LogP contribution in [0.2, 0.25) is 0 Å². The Morgan fingerprint density at radius 2 is 1.23 bits per heavy atom. The third-order valence-corrected chi connectivity index (χ3v) is 7.51. The molecule has 246 valence electrons. The Kier molecular flexibility index (Phi) is 24.3. The number of ether oxygens (including phenoxy) is 2. The van der Waals surface area contributed by atoms with Crippen LogP contribution in [0.3, 0.4) is 0 Å². The standard InChI is InChI=1S/C35H61N3O5/c1-4-7-8-9-10-11-12-13-14-15-16-17-21-25-32(39)38-31(28-30-23-19-18-20-24-30)35(41)37-29-33(40)36-27-22-26-34(42-5-2)43-6-3/h18-20,23-24,31,34H,4-17,21-22,25-29H2,1-3H3,(H,36,40)(H,37,41)(H,38,39). The molecule has 3 amide bonds. The fourth-order valence-electron chi connectivity index (χ4n) is 5.07. The Bertz CT molecular complexity index is 830. The van der Waals surface area contributed by atoms with Gasteiger partial charge < -0.3 is 25.4 Å². The monoisotopic (exact) mass is 603 g/mol. The van der Waals surface area contributed by atoms with Gasteiger partial charge in [-0.3, -0.25) is 14.4 Å². The highest BCUT2D eigenvalue weighted by Gasteiger charge is 2.21. The highest BCUT2D eigenvalue weighted by Crippen LogP contribution is 2.13. The van der Waals surface area contributed by atoms with Crippen molar-refractivity contribution in [3.05, 3.63) is 35.9 Å². The molecule has 0 aliphatic carbocycles. The van der Waals surface area contributed by atoms with E-state index in [1.54, 1.807) is 0 Å². The molecule has 0 aromatic heterocycles. The van der Waals surface area contributed by atoms with Gasteiger partial charge in [0.15, 0.2) is 6.29 Å². The number of hydrogen-bond donors (Lipinski definition) is 3. The number of amides is 3. The lowest BCUT2D eigenvalue weighted by Gasteiger charge is -2.19. The number of carbonyl (C=O) groups is 3. The molecule has 8 heteroatoms. The van der Waals surface area contributed by atoms with E-state index in [-0.39, 0.29) is 30.6 Å². The van der Waals surface area contributed by atoms with Crippen molar-refractivity contribution in [2.24, 2.45) is 0 Å². The molecule has 0 heterocycles. The van der Waals surface area contributed by atoms with Crippen molar-refractivity contribution in [1.29, 1.82) is 0 Å². The molecule has 43 heavy (non-hydrogen) atoms. The lowest BCUT2D eigenvalue weighted by Crippen LogP contribution is -2.50. The summed E-state index contributed by atoms with van der Waals surface area (Å²) < 4.78 is 11.0. The van der Waals surface area contributed by atoms with Crippen LogP contribution in [0.15, 0.2) is 30.3 Å². The van der Waals surface area contributed by atoms with Gasteiger partial charge in [0.2, 0.25) is 17.7 Å². The zero-order valence-electron chi connectivity index (χ0n) is 27.4. The van der Waals surface area contributed by atoms with Gasteiger partial charge in [0.05, 0.1) is 6.54 Å². The number of benzene rings is 1. The van der Waals surface area contributed by atoms with Gasteiger partial charge in [-0.1, -0.05) is 114 Å².